The van der Waals surface area contributed by atoms with Gasteiger partial charge in [-0.1, -0.05) is 11.8 Å². The molecule has 6 nitrogen and oxygen atoms in total. The number of thioether (sulfide) groups is 1. The molecule has 0 aliphatic heterocycles. The lowest BCUT2D eigenvalue weighted by Gasteiger charge is -2.10. The van der Waals surface area contributed by atoms with Gasteiger partial charge < -0.3 is 4.42 Å². The molecule has 0 saturated heterocycles. The molecule has 0 bridgehead atoms. The van der Waals surface area contributed by atoms with Gasteiger partial charge in [0.05, 0.1) is 10.1 Å². The van der Waals surface area contributed by atoms with Crippen molar-refractivity contribution in [1.29, 1.82) is 0 Å². The van der Waals surface area contributed by atoms with Crippen LogP contribution in [0.25, 0.3) is 11.1 Å². The van der Waals surface area contributed by atoms with Gasteiger partial charge in [-0.05, 0) is 32.0 Å². The highest BCUT2D eigenvalue weighted by atomic mass is 32.2. The second kappa shape index (κ2) is 5.78. The van der Waals surface area contributed by atoms with E-state index in [0.29, 0.717) is 16.3 Å². The van der Waals surface area contributed by atoms with E-state index in [4.69, 9.17) is 4.42 Å². The van der Waals surface area contributed by atoms with Crippen molar-refractivity contribution in [2.24, 2.45) is 0 Å². The Bertz CT molecular complexity index is 781. The molecule has 0 amide bonds. The highest BCUT2D eigenvalue weighted by molar-refractivity contribution is 8.00. The van der Waals surface area contributed by atoms with Crippen molar-refractivity contribution in [3.05, 3.63) is 18.2 Å². The predicted molar refractivity (Wildman–Crippen MR) is 80.9 cm³/mol. The number of aromatic nitrogens is 1. The van der Waals surface area contributed by atoms with Crippen LogP contribution in [0.15, 0.2) is 32.7 Å². The lowest BCUT2D eigenvalue weighted by atomic mass is 10.3. The van der Waals surface area contributed by atoms with Gasteiger partial charge in [-0.15, -0.1) is 0 Å². The number of hydrogen-bond donors (Lipinski definition) is 0. The van der Waals surface area contributed by atoms with Crippen LogP contribution in [0.2, 0.25) is 0 Å². The number of carbonyl (C=O) groups is 1. The van der Waals surface area contributed by atoms with Crippen molar-refractivity contribution in [3.63, 3.8) is 0 Å². The highest BCUT2D eigenvalue weighted by Crippen LogP contribution is 2.28. The molecule has 1 aromatic heterocycles. The summed E-state index contributed by atoms with van der Waals surface area (Å²) in [5, 5.41) is 0.0927. The molecule has 0 aliphatic rings. The van der Waals surface area contributed by atoms with E-state index in [1.165, 1.54) is 44.9 Å². The second-order valence-electron chi connectivity index (χ2n) is 4.77. The van der Waals surface area contributed by atoms with Crippen LogP contribution in [0.4, 0.5) is 0 Å². The maximum atomic E-state index is 12.1. The number of nitrogens with zero attached hydrogens (tertiary/aromatic N) is 2. The highest BCUT2D eigenvalue weighted by Gasteiger charge is 2.20. The average Bonchev–Trinajstić information content (AvgIpc) is 2.79. The molecule has 2 aromatic rings. The van der Waals surface area contributed by atoms with Gasteiger partial charge in [0.1, 0.15) is 11.3 Å². The number of fused-ring (bicyclic) bond motifs is 1. The molecular formula is C13H16N2O4S2. The number of ketones is 1. The molecule has 2 rings (SSSR count). The van der Waals surface area contributed by atoms with Crippen molar-refractivity contribution in [3.8, 4) is 0 Å². The van der Waals surface area contributed by atoms with E-state index >= 15 is 0 Å². The maximum Gasteiger partial charge on any atom is 0.257 e. The number of hydrogen-bond acceptors (Lipinski definition) is 6. The molecule has 0 spiro atoms. The van der Waals surface area contributed by atoms with Gasteiger partial charge in [0.2, 0.25) is 10.0 Å². The number of sulfonamides is 1. The van der Waals surface area contributed by atoms with Gasteiger partial charge in [-0.2, -0.15) is 0 Å². The molecule has 1 atom stereocenters. The van der Waals surface area contributed by atoms with Crippen LogP contribution in [0.5, 0.6) is 0 Å². The quantitative estimate of drug-likeness (QED) is 0.782. The van der Waals surface area contributed by atoms with Gasteiger partial charge in [0.15, 0.2) is 5.58 Å². The van der Waals surface area contributed by atoms with E-state index < -0.39 is 10.0 Å². The topological polar surface area (TPSA) is 80.5 Å². The number of oxazole rings is 1. The summed E-state index contributed by atoms with van der Waals surface area (Å²) in [5.41, 5.74) is 0.946. The zero-order valence-corrected chi connectivity index (χ0v) is 13.8. The first-order valence-corrected chi connectivity index (χ1v) is 8.54. The van der Waals surface area contributed by atoms with Crippen molar-refractivity contribution >= 4 is 38.7 Å². The summed E-state index contributed by atoms with van der Waals surface area (Å²) in [6.07, 6.45) is 0. The van der Waals surface area contributed by atoms with Crippen molar-refractivity contribution in [2.75, 3.05) is 14.1 Å². The minimum Gasteiger partial charge on any atom is -0.431 e. The zero-order valence-electron chi connectivity index (χ0n) is 12.2. The van der Waals surface area contributed by atoms with Crippen molar-refractivity contribution in [1.82, 2.24) is 9.29 Å². The Labute approximate surface area is 127 Å². The molecule has 1 aromatic carbocycles. The van der Waals surface area contributed by atoms with E-state index in [1.807, 2.05) is 0 Å². The third-order valence-electron chi connectivity index (χ3n) is 2.97. The summed E-state index contributed by atoms with van der Waals surface area (Å²) >= 11 is 1.21. The fourth-order valence-electron chi connectivity index (χ4n) is 1.54. The van der Waals surface area contributed by atoms with Crippen molar-refractivity contribution in [2.45, 2.75) is 29.2 Å². The normalized spacial score (nSPS) is 13.8. The van der Waals surface area contributed by atoms with Gasteiger partial charge in [-0.3, -0.25) is 4.79 Å². The van der Waals surface area contributed by atoms with Crippen molar-refractivity contribution < 1.29 is 17.6 Å². The predicted octanol–water partition coefficient (Wildman–Crippen LogP) is 2.15. The minimum absolute atomic E-state index is 0.0260. The van der Waals surface area contributed by atoms with Crippen LogP contribution in [0.1, 0.15) is 13.8 Å². The molecule has 0 saturated carbocycles. The number of carbonyl (C=O) groups excluding carboxylic acids is 1. The zero-order chi connectivity index (χ0) is 15.8. The summed E-state index contributed by atoms with van der Waals surface area (Å²) in [6.45, 7) is 3.27. The number of rotatable bonds is 5. The Morgan fingerprint density at radius 3 is 2.62 bits per heavy atom. The van der Waals surface area contributed by atoms with E-state index in [2.05, 4.69) is 4.98 Å². The fourth-order valence-corrected chi connectivity index (χ4v) is 3.22. The lowest BCUT2D eigenvalue weighted by Crippen LogP contribution is -2.22. The van der Waals surface area contributed by atoms with Crippen LogP contribution in [-0.4, -0.2) is 42.8 Å². The first-order chi connectivity index (χ1) is 9.71. The van der Waals surface area contributed by atoms with Crippen LogP contribution in [-0.2, 0) is 14.8 Å². The Morgan fingerprint density at radius 2 is 2.05 bits per heavy atom. The van der Waals surface area contributed by atoms with Crippen LogP contribution in [0, 0.1) is 0 Å². The standard InChI is InChI=1S/C13H16N2O4S2/c1-8(16)9(2)20-13-14-11-7-10(5-6-12(11)19-13)21(17,18)15(3)4/h5-7,9H,1-4H3. The molecule has 0 aliphatic carbocycles. The van der Waals surface area contributed by atoms with E-state index in [1.54, 1.807) is 13.0 Å². The lowest BCUT2D eigenvalue weighted by molar-refractivity contribution is -0.116. The van der Waals surface area contributed by atoms with Crippen LogP contribution < -0.4 is 0 Å². The summed E-state index contributed by atoms with van der Waals surface area (Å²) < 4.78 is 30.8. The second-order valence-corrected chi connectivity index (χ2v) is 8.21. The third kappa shape index (κ3) is 3.28. The Morgan fingerprint density at radius 1 is 1.38 bits per heavy atom. The Balaban J connectivity index is 2.39. The average molecular weight is 328 g/mol. The summed E-state index contributed by atoms with van der Waals surface area (Å²) in [7, 11) is -0.564. The smallest absolute Gasteiger partial charge is 0.257 e. The third-order valence-corrected chi connectivity index (χ3v) is 5.84. The van der Waals surface area contributed by atoms with E-state index in [-0.39, 0.29) is 15.9 Å². The van der Waals surface area contributed by atoms with Crippen LogP contribution >= 0.6 is 11.8 Å². The summed E-state index contributed by atoms with van der Waals surface area (Å²) in [4.78, 5) is 15.6. The molecule has 0 fully saturated rings. The van der Waals surface area contributed by atoms with E-state index in [9.17, 15) is 13.2 Å². The molecule has 1 unspecified atom stereocenters. The Hall–Kier alpha value is -1.38. The summed E-state index contributed by atoms with van der Waals surface area (Å²) in [5.74, 6) is 0.0260. The Kier molecular flexibility index (Phi) is 4.40. The largest absolute Gasteiger partial charge is 0.431 e. The molecule has 8 heteroatoms. The molecule has 1 heterocycles. The summed E-state index contributed by atoms with van der Waals surface area (Å²) in [6, 6.07) is 4.52. The molecule has 114 valence electrons. The first kappa shape index (κ1) is 16.0. The molecular weight excluding hydrogens is 312 g/mol. The van der Waals surface area contributed by atoms with Gasteiger partial charge in [-0.25, -0.2) is 17.7 Å². The monoisotopic (exact) mass is 328 g/mol. The fraction of sp³-hybridized carbons (Fsp3) is 0.385. The van der Waals surface area contributed by atoms with Gasteiger partial charge in [0.25, 0.3) is 5.22 Å². The molecule has 21 heavy (non-hydrogen) atoms. The van der Waals surface area contributed by atoms with E-state index in [0.717, 1.165) is 4.31 Å². The molecule has 0 N–H and O–H groups in total. The molecule has 0 radical (unpaired) electrons. The first-order valence-electron chi connectivity index (χ1n) is 6.22. The van der Waals surface area contributed by atoms with Gasteiger partial charge in [0, 0.05) is 14.1 Å². The number of benzene rings is 1. The van der Waals surface area contributed by atoms with Crippen LogP contribution in [0.3, 0.4) is 0 Å². The maximum absolute atomic E-state index is 12.1. The van der Waals surface area contributed by atoms with Gasteiger partial charge >= 0.3 is 0 Å². The number of Topliss-reactive ketones (excluding diaryl/α,β-unsaturated/α-hetero) is 1. The SMILES string of the molecule is CC(=O)C(C)Sc1nc2cc(S(=O)(=O)N(C)C)ccc2o1. The minimum atomic E-state index is -3.50.